The molecule has 0 saturated heterocycles. The Morgan fingerprint density at radius 3 is 2.53 bits per heavy atom. The fourth-order valence-corrected chi connectivity index (χ4v) is 3.93. The molecule has 0 aliphatic heterocycles. The Labute approximate surface area is 189 Å². The molecule has 2 heterocycles. The van der Waals surface area contributed by atoms with E-state index in [2.05, 4.69) is 32.7 Å². The number of benzene rings is 2. The molecule has 0 amide bonds. The summed E-state index contributed by atoms with van der Waals surface area (Å²) in [5.74, 6) is 1.16. The topological polar surface area (TPSA) is 111 Å². The van der Waals surface area contributed by atoms with Crippen LogP contribution in [0, 0.1) is 4.91 Å². The van der Waals surface area contributed by atoms with Crippen molar-refractivity contribution in [3.63, 3.8) is 0 Å². The SMILES string of the molecule is CCCCc1nc(Cl)c(CO)n1Cc1ccc(-c2ccccc2-c2nnnn2N=O)cc1. The van der Waals surface area contributed by atoms with Crippen molar-refractivity contribution in [2.45, 2.75) is 39.3 Å². The van der Waals surface area contributed by atoms with Crippen molar-refractivity contribution < 1.29 is 5.11 Å². The van der Waals surface area contributed by atoms with Gasteiger partial charge in [-0.15, -0.1) is 10.0 Å². The molecular weight excluding hydrogens is 430 g/mol. The number of hydrogen-bond donors (Lipinski definition) is 1. The summed E-state index contributed by atoms with van der Waals surface area (Å²) in [5, 5.41) is 24.0. The van der Waals surface area contributed by atoms with E-state index < -0.39 is 0 Å². The number of aliphatic hydroxyl groups excluding tert-OH is 1. The van der Waals surface area contributed by atoms with Gasteiger partial charge in [-0.2, -0.15) is 0 Å². The molecule has 4 aromatic rings. The first-order valence-electron chi connectivity index (χ1n) is 10.3. The van der Waals surface area contributed by atoms with Crippen molar-refractivity contribution in [1.29, 1.82) is 0 Å². The van der Waals surface area contributed by atoms with Crippen LogP contribution < -0.4 is 0 Å². The zero-order valence-corrected chi connectivity index (χ0v) is 18.3. The van der Waals surface area contributed by atoms with E-state index in [9.17, 15) is 10.0 Å². The predicted molar refractivity (Wildman–Crippen MR) is 121 cm³/mol. The number of unbranched alkanes of at least 4 members (excludes halogenated alkanes) is 1. The van der Waals surface area contributed by atoms with Crippen LogP contribution in [-0.2, 0) is 19.6 Å². The largest absolute Gasteiger partial charge is 0.390 e. The summed E-state index contributed by atoms with van der Waals surface area (Å²) < 4.78 is 1.99. The third-order valence-corrected chi connectivity index (χ3v) is 5.61. The molecular formula is C22H22ClN7O2. The number of aromatic nitrogens is 6. The summed E-state index contributed by atoms with van der Waals surface area (Å²) >= 11 is 6.25. The maximum Gasteiger partial charge on any atom is 0.211 e. The second-order valence-electron chi connectivity index (χ2n) is 7.33. The monoisotopic (exact) mass is 451 g/mol. The number of imidazole rings is 1. The van der Waals surface area contributed by atoms with E-state index in [-0.39, 0.29) is 12.4 Å². The van der Waals surface area contributed by atoms with Crippen LogP contribution in [0.1, 0.15) is 36.8 Å². The minimum Gasteiger partial charge on any atom is -0.390 e. The van der Waals surface area contributed by atoms with Crippen molar-refractivity contribution in [2.75, 3.05) is 0 Å². The molecule has 0 aliphatic carbocycles. The van der Waals surface area contributed by atoms with Crippen LogP contribution in [-0.4, -0.2) is 35.0 Å². The van der Waals surface area contributed by atoms with Crippen LogP contribution in [0.25, 0.3) is 22.5 Å². The zero-order valence-electron chi connectivity index (χ0n) is 17.5. The summed E-state index contributed by atoms with van der Waals surface area (Å²) in [6.45, 7) is 2.52. The molecule has 0 bridgehead atoms. The number of tetrazole rings is 1. The van der Waals surface area contributed by atoms with Crippen LogP contribution in [0.2, 0.25) is 5.15 Å². The molecule has 1 N–H and O–H groups in total. The average Bonchev–Trinajstić information content (AvgIpc) is 3.42. The van der Waals surface area contributed by atoms with E-state index in [1.54, 1.807) is 0 Å². The summed E-state index contributed by atoms with van der Waals surface area (Å²) in [5.41, 5.74) is 4.20. The fraction of sp³-hybridized carbons (Fsp3) is 0.273. The lowest BCUT2D eigenvalue weighted by atomic mass is 9.98. The number of nitrogens with zero attached hydrogens (tertiary/aromatic N) is 7. The smallest absolute Gasteiger partial charge is 0.211 e. The van der Waals surface area contributed by atoms with Gasteiger partial charge in [0.25, 0.3) is 0 Å². The van der Waals surface area contributed by atoms with Gasteiger partial charge in [0.05, 0.1) is 17.6 Å². The molecule has 0 unspecified atom stereocenters. The van der Waals surface area contributed by atoms with Crippen molar-refractivity contribution in [1.82, 2.24) is 29.9 Å². The van der Waals surface area contributed by atoms with Gasteiger partial charge in [-0.1, -0.05) is 78.3 Å². The number of aliphatic hydroxyl groups is 1. The Morgan fingerprint density at radius 1 is 1.09 bits per heavy atom. The van der Waals surface area contributed by atoms with Crippen LogP contribution in [0.5, 0.6) is 0 Å². The van der Waals surface area contributed by atoms with Crippen LogP contribution in [0.3, 0.4) is 0 Å². The molecule has 4 rings (SSSR count). The lowest BCUT2D eigenvalue weighted by Crippen LogP contribution is -2.09. The van der Waals surface area contributed by atoms with Gasteiger partial charge in [0.2, 0.25) is 5.82 Å². The molecule has 0 atom stereocenters. The van der Waals surface area contributed by atoms with E-state index in [0.29, 0.717) is 23.0 Å². The highest BCUT2D eigenvalue weighted by atomic mass is 35.5. The van der Waals surface area contributed by atoms with Crippen molar-refractivity contribution in [2.24, 2.45) is 5.29 Å². The third-order valence-electron chi connectivity index (χ3n) is 5.31. The quantitative estimate of drug-likeness (QED) is 0.380. The third kappa shape index (κ3) is 4.30. The van der Waals surface area contributed by atoms with E-state index >= 15 is 0 Å². The average molecular weight is 452 g/mol. The maximum atomic E-state index is 11.0. The molecule has 0 fully saturated rings. The van der Waals surface area contributed by atoms with E-state index in [1.807, 2.05) is 53.1 Å². The van der Waals surface area contributed by atoms with Crippen LogP contribution in [0.4, 0.5) is 0 Å². The van der Waals surface area contributed by atoms with Gasteiger partial charge >= 0.3 is 0 Å². The molecule has 32 heavy (non-hydrogen) atoms. The first-order chi connectivity index (χ1) is 15.7. The van der Waals surface area contributed by atoms with E-state index in [1.165, 1.54) is 0 Å². The molecule has 0 radical (unpaired) electrons. The first kappa shape index (κ1) is 21.8. The number of halogens is 1. The second kappa shape index (κ2) is 9.80. The number of rotatable bonds is 9. The van der Waals surface area contributed by atoms with Gasteiger partial charge in [-0.3, -0.25) is 0 Å². The van der Waals surface area contributed by atoms with Crippen molar-refractivity contribution >= 4 is 11.6 Å². The van der Waals surface area contributed by atoms with Gasteiger partial charge in [0, 0.05) is 18.5 Å². The molecule has 164 valence electrons. The first-order valence-corrected chi connectivity index (χ1v) is 10.7. The van der Waals surface area contributed by atoms with Gasteiger partial charge in [-0.25, -0.2) is 4.98 Å². The zero-order chi connectivity index (χ0) is 22.5. The van der Waals surface area contributed by atoms with Crippen molar-refractivity contribution in [3.05, 3.63) is 75.7 Å². The normalized spacial score (nSPS) is 11.1. The summed E-state index contributed by atoms with van der Waals surface area (Å²) in [6.07, 6.45) is 2.86. The number of hydrogen-bond acceptors (Lipinski definition) is 7. The Kier molecular flexibility index (Phi) is 6.67. The van der Waals surface area contributed by atoms with E-state index in [0.717, 1.165) is 46.6 Å². The lowest BCUT2D eigenvalue weighted by Gasteiger charge is -2.12. The molecule has 2 aromatic heterocycles. The predicted octanol–water partition coefficient (Wildman–Crippen LogP) is 4.27. The van der Waals surface area contributed by atoms with Crippen molar-refractivity contribution in [3.8, 4) is 22.5 Å². The molecule has 2 aromatic carbocycles. The van der Waals surface area contributed by atoms with E-state index in [4.69, 9.17) is 11.6 Å². The highest BCUT2D eigenvalue weighted by Gasteiger charge is 2.17. The molecule has 9 nitrogen and oxygen atoms in total. The maximum absolute atomic E-state index is 11.0. The summed E-state index contributed by atoms with van der Waals surface area (Å²) in [6, 6.07) is 15.6. The molecule has 0 saturated carbocycles. The van der Waals surface area contributed by atoms with Gasteiger partial charge in [0.1, 0.15) is 5.82 Å². The van der Waals surface area contributed by atoms with Gasteiger partial charge in [-0.05, 0) is 33.5 Å². The Balaban J connectivity index is 1.64. The standard InChI is InChI=1S/C22H22ClN7O2/c1-2-3-8-20-24-21(23)19(14-31)29(20)13-15-9-11-16(12-10-15)17-6-4-5-7-18(17)22-25-26-27-30(22)28-32/h4-7,9-12,31H,2-3,8,13-14H2,1H3. The number of nitroso groups, excluding NO2 is 1. The highest BCUT2D eigenvalue weighted by Crippen LogP contribution is 2.31. The highest BCUT2D eigenvalue weighted by molar-refractivity contribution is 6.30. The number of aryl methyl sites for hydroxylation is 1. The Bertz CT molecular complexity index is 1220. The molecule has 0 aliphatic rings. The van der Waals surface area contributed by atoms with Crippen LogP contribution >= 0.6 is 11.6 Å². The molecule has 10 heteroatoms. The second-order valence-corrected chi connectivity index (χ2v) is 7.69. The summed E-state index contributed by atoms with van der Waals surface area (Å²) in [4.78, 5) is 16.3. The van der Waals surface area contributed by atoms with Crippen LogP contribution in [0.15, 0.2) is 53.8 Å². The fourth-order valence-electron chi connectivity index (χ4n) is 3.67. The minimum absolute atomic E-state index is 0.164. The Hall–Kier alpha value is -3.43. The molecule has 0 spiro atoms. The minimum atomic E-state index is -0.164. The summed E-state index contributed by atoms with van der Waals surface area (Å²) in [7, 11) is 0. The van der Waals surface area contributed by atoms with Gasteiger partial charge < -0.3 is 9.67 Å². The Morgan fingerprint density at radius 2 is 1.84 bits per heavy atom. The van der Waals surface area contributed by atoms with Gasteiger partial charge in [0.15, 0.2) is 5.15 Å². The lowest BCUT2D eigenvalue weighted by molar-refractivity contribution is 0.271.